The Balaban J connectivity index is 2.32. The van der Waals surface area contributed by atoms with Gasteiger partial charge in [-0.1, -0.05) is 0 Å². The number of anilines is 2. The lowest BCUT2D eigenvalue weighted by Gasteiger charge is -2.09. The zero-order valence-electron chi connectivity index (χ0n) is 14.2. The van der Waals surface area contributed by atoms with Gasteiger partial charge in [0.1, 0.15) is 11.5 Å². The predicted octanol–water partition coefficient (Wildman–Crippen LogP) is 2.77. The molecule has 7 nitrogen and oxygen atoms in total. The Morgan fingerprint density at radius 3 is 2.44 bits per heavy atom. The summed E-state index contributed by atoms with van der Waals surface area (Å²) in [6.07, 6.45) is 0. The van der Waals surface area contributed by atoms with Crippen LogP contribution in [0.4, 0.5) is 15.8 Å². The van der Waals surface area contributed by atoms with Crippen LogP contribution in [0.25, 0.3) is 0 Å². The van der Waals surface area contributed by atoms with E-state index >= 15 is 0 Å². The van der Waals surface area contributed by atoms with E-state index in [9.17, 15) is 18.8 Å². The van der Waals surface area contributed by atoms with Crippen molar-refractivity contribution >= 4 is 29.2 Å². The van der Waals surface area contributed by atoms with E-state index in [-0.39, 0.29) is 22.9 Å². The fraction of sp³-hybridized carbons (Fsp3) is 0.235. The largest absolute Gasteiger partial charge is 0.465 e. The van der Waals surface area contributed by atoms with Gasteiger partial charge in [0, 0.05) is 18.3 Å². The molecule has 8 heteroatoms. The summed E-state index contributed by atoms with van der Waals surface area (Å²) < 4.78 is 18.6. The Hall–Kier alpha value is -3.16. The molecule has 0 aliphatic carbocycles. The van der Waals surface area contributed by atoms with Crippen LogP contribution in [-0.4, -0.2) is 29.9 Å². The lowest BCUT2D eigenvalue weighted by Crippen LogP contribution is -2.15. The number of hydrogen-bond donors (Lipinski definition) is 3. The maximum absolute atomic E-state index is 13.9. The minimum atomic E-state index is -0.656. The number of carbonyl (C=O) groups excluding carboxylic acids is 3. The second kappa shape index (κ2) is 7.16. The van der Waals surface area contributed by atoms with Gasteiger partial charge in [-0.05, 0) is 37.6 Å². The standard InChI is InChI=1S/C17H18FN3O4/c1-8-14(17(24)25-4)9(2)19-15(8)16(23)21-13-7-11(20-10(3)22)5-6-12(13)18/h5-7,19H,1-4H3,(H,20,22)(H,21,23). The van der Waals surface area contributed by atoms with Crippen LogP contribution in [0, 0.1) is 19.7 Å². The highest BCUT2D eigenvalue weighted by atomic mass is 19.1. The molecule has 0 bridgehead atoms. The number of aromatic amines is 1. The fourth-order valence-corrected chi connectivity index (χ4v) is 2.47. The highest BCUT2D eigenvalue weighted by Crippen LogP contribution is 2.23. The fourth-order valence-electron chi connectivity index (χ4n) is 2.47. The number of esters is 1. The van der Waals surface area contributed by atoms with Crippen molar-refractivity contribution in [1.29, 1.82) is 0 Å². The van der Waals surface area contributed by atoms with Gasteiger partial charge in [-0.3, -0.25) is 9.59 Å². The molecule has 0 unspecified atom stereocenters. The second-order valence-corrected chi connectivity index (χ2v) is 5.45. The van der Waals surface area contributed by atoms with Gasteiger partial charge < -0.3 is 20.4 Å². The minimum absolute atomic E-state index is 0.0949. The lowest BCUT2D eigenvalue weighted by atomic mass is 10.1. The summed E-state index contributed by atoms with van der Waals surface area (Å²) in [5.41, 5.74) is 1.52. The smallest absolute Gasteiger partial charge is 0.339 e. The van der Waals surface area contributed by atoms with E-state index in [1.807, 2.05) is 0 Å². The molecule has 3 N–H and O–H groups in total. The van der Waals surface area contributed by atoms with Crippen LogP contribution in [0.3, 0.4) is 0 Å². The highest BCUT2D eigenvalue weighted by molar-refractivity contribution is 6.07. The van der Waals surface area contributed by atoms with E-state index in [0.29, 0.717) is 16.9 Å². The Kier molecular flexibility index (Phi) is 5.21. The summed E-state index contributed by atoms with van der Waals surface area (Å²) in [7, 11) is 1.25. The van der Waals surface area contributed by atoms with E-state index in [1.54, 1.807) is 13.8 Å². The Morgan fingerprint density at radius 2 is 1.84 bits per heavy atom. The first-order chi connectivity index (χ1) is 11.7. The quantitative estimate of drug-likeness (QED) is 0.740. The van der Waals surface area contributed by atoms with Crippen molar-refractivity contribution in [1.82, 2.24) is 4.98 Å². The molecule has 0 aliphatic heterocycles. The first-order valence-electron chi connectivity index (χ1n) is 7.40. The number of carbonyl (C=O) groups is 3. The number of nitrogens with one attached hydrogen (secondary N) is 3. The first-order valence-corrected chi connectivity index (χ1v) is 7.40. The molecule has 2 aromatic rings. The minimum Gasteiger partial charge on any atom is -0.465 e. The Morgan fingerprint density at radius 1 is 1.16 bits per heavy atom. The van der Waals surface area contributed by atoms with Crippen LogP contribution in [0.1, 0.15) is 39.0 Å². The molecule has 0 radical (unpaired) electrons. The third-order valence-electron chi connectivity index (χ3n) is 3.59. The van der Waals surface area contributed by atoms with Crippen LogP contribution >= 0.6 is 0 Å². The molecule has 132 valence electrons. The van der Waals surface area contributed by atoms with Crippen molar-refractivity contribution < 1.29 is 23.5 Å². The number of rotatable bonds is 4. The molecule has 0 saturated heterocycles. The van der Waals surface area contributed by atoms with Crippen LogP contribution in [-0.2, 0) is 9.53 Å². The number of amides is 2. The maximum Gasteiger partial charge on any atom is 0.339 e. The molecule has 1 heterocycles. The monoisotopic (exact) mass is 347 g/mol. The average Bonchev–Trinajstić information content (AvgIpc) is 2.84. The predicted molar refractivity (Wildman–Crippen MR) is 90.3 cm³/mol. The zero-order valence-corrected chi connectivity index (χ0v) is 14.2. The molecular formula is C17H18FN3O4. The van der Waals surface area contributed by atoms with E-state index in [2.05, 4.69) is 15.6 Å². The van der Waals surface area contributed by atoms with Crippen LogP contribution in [0.5, 0.6) is 0 Å². The third kappa shape index (κ3) is 3.85. The zero-order chi connectivity index (χ0) is 18.7. The Bertz CT molecular complexity index is 858. The summed E-state index contributed by atoms with van der Waals surface area (Å²) in [5, 5.41) is 4.94. The average molecular weight is 347 g/mol. The van der Waals surface area contributed by atoms with Gasteiger partial charge in [0.05, 0.1) is 18.4 Å². The molecule has 2 rings (SSSR count). The summed E-state index contributed by atoms with van der Waals surface area (Å²) in [5.74, 6) is -2.15. The van der Waals surface area contributed by atoms with Crippen molar-refractivity contribution in [3.05, 3.63) is 46.5 Å². The number of halogens is 1. The van der Waals surface area contributed by atoms with Gasteiger partial charge in [-0.25, -0.2) is 9.18 Å². The van der Waals surface area contributed by atoms with Crippen molar-refractivity contribution in [2.75, 3.05) is 17.7 Å². The molecule has 0 aliphatic rings. The molecular weight excluding hydrogens is 329 g/mol. The van der Waals surface area contributed by atoms with Gasteiger partial charge in [0.25, 0.3) is 5.91 Å². The van der Waals surface area contributed by atoms with E-state index in [0.717, 1.165) is 6.07 Å². The van der Waals surface area contributed by atoms with E-state index in [4.69, 9.17) is 4.74 Å². The molecule has 1 aromatic carbocycles. The number of H-pyrrole nitrogens is 1. The van der Waals surface area contributed by atoms with Gasteiger partial charge >= 0.3 is 5.97 Å². The first kappa shape index (κ1) is 18.2. The van der Waals surface area contributed by atoms with Crippen LogP contribution in [0.15, 0.2) is 18.2 Å². The number of hydrogen-bond acceptors (Lipinski definition) is 4. The molecule has 0 atom stereocenters. The summed E-state index contributed by atoms with van der Waals surface area (Å²) in [6.45, 7) is 4.55. The molecule has 2 amide bonds. The molecule has 1 aromatic heterocycles. The van der Waals surface area contributed by atoms with Gasteiger partial charge in [-0.15, -0.1) is 0 Å². The van der Waals surface area contributed by atoms with Crippen molar-refractivity contribution in [3.63, 3.8) is 0 Å². The number of aromatic nitrogens is 1. The molecule has 25 heavy (non-hydrogen) atoms. The molecule has 0 fully saturated rings. The van der Waals surface area contributed by atoms with Crippen LogP contribution in [0.2, 0.25) is 0 Å². The normalized spacial score (nSPS) is 10.3. The van der Waals surface area contributed by atoms with E-state index < -0.39 is 17.7 Å². The van der Waals surface area contributed by atoms with Gasteiger partial charge in [-0.2, -0.15) is 0 Å². The maximum atomic E-state index is 13.9. The lowest BCUT2D eigenvalue weighted by molar-refractivity contribution is -0.114. The van der Waals surface area contributed by atoms with E-state index in [1.165, 1.54) is 26.2 Å². The number of aryl methyl sites for hydroxylation is 1. The highest BCUT2D eigenvalue weighted by Gasteiger charge is 2.23. The number of methoxy groups -OCH3 is 1. The Labute approximate surface area is 143 Å². The second-order valence-electron chi connectivity index (χ2n) is 5.45. The van der Waals surface area contributed by atoms with Crippen molar-refractivity contribution in [2.24, 2.45) is 0 Å². The van der Waals surface area contributed by atoms with Crippen molar-refractivity contribution in [2.45, 2.75) is 20.8 Å². The van der Waals surface area contributed by atoms with Crippen molar-refractivity contribution in [3.8, 4) is 0 Å². The molecule has 0 saturated carbocycles. The number of benzene rings is 1. The summed E-state index contributed by atoms with van der Waals surface area (Å²) in [6, 6.07) is 3.82. The van der Waals surface area contributed by atoms with Crippen LogP contribution < -0.4 is 10.6 Å². The third-order valence-corrected chi connectivity index (χ3v) is 3.59. The van der Waals surface area contributed by atoms with Gasteiger partial charge in [0.2, 0.25) is 5.91 Å². The summed E-state index contributed by atoms with van der Waals surface area (Å²) in [4.78, 5) is 38.1. The number of ether oxygens (including phenoxy) is 1. The summed E-state index contributed by atoms with van der Waals surface area (Å²) >= 11 is 0. The topological polar surface area (TPSA) is 100 Å². The molecule has 0 spiro atoms. The SMILES string of the molecule is COC(=O)c1c(C)[nH]c(C(=O)Nc2cc(NC(C)=O)ccc2F)c1C. The van der Waals surface area contributed by atoms with Gasteiger partial charge in [0.15, 0.2) is 0 Å².